The van der Waals surface area contributed by atoms with Gasteiger partial charge in [0.25, 0.3) is 0 Å². The molecule has 0 bridgehead atoms. The highest BCUT2D eigenvalue weighted by Gasteiger charge is 2.26. The number of phenolic OH excluding ortho intramolecular Hbond substituents is 1. The molecule has 5 heteroatoms. The van der Waals surface area contributed by atoms with Crippen LogP contribution < -0.4 is 5.32 Å². The molecule has 0 aromatic heterocycles. The van der Waals surface area contributed by atoms with Gasteiger partial charge in [0.05, 0.1) is 12.1 Å². The van der Waals surface area contributed by atoms with Gasteiger partial charge in [-0.25, -0.2) is 8.78 Å². The van der Waals surface area contributed by atoms with E-state index >= 15 is 0 Å². The van der Waals surface area contributed by atoms with Crippen LogP contribution in [-0.4, -0.2) is 15.8 Å². The molecule has 0 saturated carbocycles. The Morgan fingerprint density at radius 3 is 2.50 bits per heavy atom. The van der Waals surface area contributed by atoms with E-state index in [1.165, 1.54) is 0 Å². The number of aliphatic hydroxyl groups is 1. The number of hydrogen-bond donors (Lipinski definition) is 3. The van der Waals surface area contributed by atoms with Crippen LogP contribution in [0.1, 0.15) is 31.9 Å². The lowest BCUT2D eigenvalue weighted by Gasteiger charge is -2.33. The van der Waals surface area contributed by atoms with Gasteiger partial charge in [-0.1, -0.05) is 12.1 Å². The summed E-state index contributed by atoms with van der Waals surface area (Å²) in [5.74, 6) is -2.44. The molecule has 1 aliphatic heterocycles. The summed E-state index contributed by atoms with van der Waals surface area (Å²) in [6.45, 7) is 5.67. The van der Waals surface area contributed by atoms with E-state index in [1.807, 2.05) is 26.8 Å². The largest absolute Gasteiger partial charge is 0.504 e. The van der Waals surface area contributed by atoms with Gasteiger partial charge in [0.1, 0.15) is 5.82 Å². The highest BCUT2D eigenvalue weighted by Crippen LogP contribution is 2.42. The van der Waals surface area contributed by atoms with E-state index in [4.69, 9.17) is 0 Å². The number of phenols is 1. The van der Waals surface area contributed by atoms with Gasteiger partial charge in [-0.3, -0.25) is 0 Å². The smallest absolute Gasteiger partial charge is 0.168 e. The molecule has 3 N–H and O–H groups in total. The molecule has 3 nitrogen and oxygen atoms in total. The quantitative estimate of drug-likeness (QED) is 0.763. The number of aromatic hydroxyl groups is 1. The minimum Gasteiger partial charge on any atom is -0.504 e. The van der Waals surface area contributed by atoms with Crippen LogP contribution in [0.2, 0.25) is 0 Å². The molecular formula is C19H19F2NO2. The van der Waals surface area contributed by atoms with Crippen LogP contribution in [0.15, 0.2) is 30.3 Å². The summed E-state index contributed by atoms with van der Waals surface area (Å²) in [5.41, 5.74) is 3.29. The van der Waals surface area contributed by atoms with E-state index < -0.39 is 17.4 Å². The highest BCUT2D eigenvalue weighted by molar-refractivity contribution is 5.88. The van der Waals surface area contributed by atoms with E-state index in [1.54, 1.807) is 12.1 Å². The molecule has 3 rings (SSSR count). The van der Waals surface area contributed by atoms with Crippen LogP contribution in [0, 0.1) is 11.6 Å². The lowest BCUT2D eigenvalue weighted by Crippen LogP contribution is -2.31. The summed E-state index contributed by atoms with van der Waals surface area (Å²) < 4.78 is 27.3. The van der Waals surface area contributed by atoms with Crippen molar-refractivity contribution < 1.29 is 19.0 Å². The van der Waals surface area contributed by atoms with Crippen molar-refractivity contribution in [3.8, 4) is 16.9 Å². The van der Waals surface area contributed by atoms with E-state index in [9.17, 15) is 19.0 Å². The summed E-state index contributed by atoms with van der Waals surface area (Å²) in [7, 11) is 0. The predicted octanol–water partition coefficient (Wildman–Crippen LogP) is 4.44. The molecule has 1 heterocycles. The monoisotopic (exact) mass is 331 g/mol. The summed E-state index contributed by atoms with van der Waals surface area (Å²) in [4.78, 5) is 0. The zero-order valence-electron chi connectivity index (χ0n) is 13.7. The number of benzene rings is 2. The van der Waals surface area contributed by atoms with Crippen molar-refractivity contribution >= 4 is 11.3 Å². The Kier molecular flexibility index (Phi) is 3.84. The number of fused-ring (bicyclic) bond motifs is 1. The minimum atomic E-state index is -1.03. The molecule has 2 aromatic carbocycles. The molecule has 0 radical (unpaired) electrons. The van der Waals surface area contributed by atoms with E-state index in [-0.39, 0.29) is 17.7 Å². The van der Waals surface area contributed by atoms with Crippen molar-refractivity contribution in [2.75, 3.05) is 5.32 Å². The number of nitrogens with one attached hydrogen (secondary N) is 1. The Hall–Kier alpha value is -2.40. The van der Waals surface area contributed by atoms with Crippen LogP contribution in [0.3, 0.4) is 0 Å². The first-order chi connectivity index (χ1) is 11.2. The number of allylic oxidation sites excluding steroid dienone is 1. The van der Waals surface area contributed by atoms with Gasteiger partial charge in [-0.05, 0) is 49.6 Å². The second-order valence-corrected chi connectivity index (χ2v) is 6.63. The maximum absolute atomic E-state index is 13.7. The maximum Gasteiger partial charge on any atom is 0.168 e. The third kappa shape index (κ3) is 2.65. The van der Waals surface area contributed by atoms with Crippen LogP contribution >= 0.6 is 0 Å². The first kappa shape index (κ1) is 16.5. The molecule has 0 atom stereocenters. The maximum atomic E-state index is 13.7. The number of rotatable bonds is 2. The number of halogens is 2. The average Bonchev–Trinajstić information content (AvgIpc) is 2.48. The lowest BCUT2D eigenvalue weighted by molar-refractivity contribution is 0.282. The van der Waals surface area contributed by atoms with Gasteiger partial charge in [0.2, 0.25) is 0 Å². The second kappa shape index (κ2) is 5.60. The predicted molar refractivity (Wildman–Crippen MR) is 90.7 cm³/mol. The van der Waals surface area contributed by atoms with Crippen molar-refractivity contribution in [3.63, 3.8) is 0 Å². The van der Waals surface area contributed by atoms with Gasteiger partial charge in [0, 0.05) is 22.9 Å². The van der Waals surface area contributed by atoms with E-state index in [0.29, 0.717) is 17.2 Å². The Balaban J connectivity index is 2.29. The van der Waals surface area contributed by atoms with E-state index in [0.717, 1.165) is 22.9 Å². The summed E-state index contributed by atoms with van der Waals surface area (Å²) in [5, 5.41) is 23.2. The van der Waals surface area contributed by atoms with Gasteiger partial charge in [0.15, 0.2) is 11.6 Å². The van der Waals surface area contributed by atoms with Gasteiger partial charge in [-0.15, -0.1) is 0 Å². The molecule has 0 amide bonds. The standard InChI is InChI=1S/C19H19F2NO2/c1-10-8-19(2,3)22-16-5-4-12(14(9-23)17(10)16)13-6-11(20)7-15(21)18(13)24/h4-8,22-24H,9H2,1-3H3. The molecule has 24 heavy (non-hydrogen) atoms. The summed E-state index contributed by atoms with van der Waals surface area (Å²) >= 11 is 0. The number of aliphatic hydroxyl groups excluding tert-OH is 1. The molecule has 0 aliphatic carbocycles. The van der Waals surface area contributed by atoms with Crippen molar-refractivity contribution in [3.05, 3.63) is 53.1 Å². The first-order valence-electron chi connectivity index (χ1n) is 7.66. The molecule has 0 saturated heterocycles. The highest BCUT2D eigenvalue weighted by atomic mass is 19.1. The molecule has 0 unspecified atom stereocenters. The SMILES string of the molecule is CC1=CC(C)(C)Nc2ccc(-c3cc(F)cc(F)c3O)c(CO)c21. The van der Waals surface area contributed by atoms with Gasteiger partial charge in [-0.2, -0.15) is 0 Å². The second-order valence-electron chi connectivity index (χ2n) is 6.63. The molecule has 0 fully saturated rings. The van der Waals surface area contributed by atoms with Crippen LogP contribution in [-0.2, 0) is 6.61 Å². The van der Waals surface area contributed by atoms with Gasteiger partial charge < -0.3 is 15.5 Å². The molecular weight excluding hydrogens is 312 g/mol. The van der Waals surface area contributed by atoms with Crippen LogP contribution in [0.25, 0.3) is 16.7 Å². The van der Waals surface area contributed by atoms with Crippen LogP contribution in [0.4, 0.5) is 14.5 Å². The Bertz CT molecular complexity index is 857. The average molecular weight is 331 g/mol. The van der Waals surface area contributed by atoms with Crippen molar-refractivity contribution in [1.82, 2.24) is 0 Å². The Morgan fingerprint density at radius 1 is 1.12 bits per heavy atom. The Morgan fingerprint density at radius 2 is 1.83 bits per heavy atom. The fraction of sp³-hybridized carbons (Fsp3) is 0.263. The van der Waals surface area contributed by atoms with Crippen LogP contribution in [0.5, 0.6) is 5.75 Å². The number of anilines is 1. The molecule has 2 aromatic rings. The molecule has 126 valence electrons. The minimum absolute atomic E-state index is 0.0250. The van der Waals surface area contributed by atoms with Gasteiger partial charge >= 0.3 is 0 Å². The number of hydrogen-bond acceptors (Lipinski definition) is 3. The normalized spacial score (nSPS) is 15.5. The van der Waals surface area contributed by atoms with Crippen molar-refractivity contribution in [1.29, 1.82) is 0 Å². The lowest BCUT2D eigenvalue weighted by atomic mass is 9.85. The van der Waals surface area contributed by atoms with Crippen molar-refractivity contribution in [2.24, 2.45) is 0 Å². The third-order valence-electron chi connectivity index (χ3n) is 4.22. The zero-order valence-corrected chi connectivity index (χ0v) is 13.7. The van der Waals surface area contributed by atoms with Crippen molar-refractivity contribution in [2.45, 2.75) is 32.9 Å². The zero-order chi connectivity index (χ0) is 17.6. The van der Waals surface area contributed by atoms with E-state index in [2.05, 4.69) is 5.32 Å². The fourth-order valence-electron chi connectivity index (χ4n) is 3.39. The molecule has 0 spiro atoms. The summed E-state index contributed by atoms with van der Waals surface area (Å²) in [6.07, 6.45) is 2.03. The topological polar surface area (TPSA) is 52.5 Å². The first-order valence-corrected chi connectivity index (χ1v) is 7.66. The fourth-order valence-corrected chi connectivity index (χ4v) is 3.39. The Labute approximate surface area is 139 Å². The summed E-state index contributed by atoms with van der Waals surface area (Å²) in [6, 6.07) is 5.15. The molecule has 1 aliphatic rings. The third-order valence-corrected chi connectivity index (χ3v) is 4.22.